The highest BCUT2D eigenvalue weighted by Crippen LogP contribution is 2.18. The first-order valence-corrected chi connectivity index (χ1v) is 10.2. The number of benzene rings is 1. The van der Waals surface area contributed by atoms with E-state index in [2.05, 4.69) is 15.5 Å². The maximum absolute atomic E-state index is 12.7. The highest BCUT2D eigenvalue weighted by molar-refractivity contribution is 7.89. The number of nitrogens with one attached hydrogen (secondary N) is 1. The number of fused-ring (bicyclic) bond motifs is 1. The Morgan fingerprint density at radius 3 is 2.31 bits per heavy atom. The van der Waals surface area contributed by atoms with E-state index in [0.717, 1.165) is 8.98 Å². The standard InChI is InChI=1S/C18H22N6O4S/c1-18(2,3)24-15-14(10-20-24)17(26)23(11-19-15)21-16(25)12-6-8-13(9-7-12)29(27,28)22(4)5/h6-11H,1-5H3,(H,21,25). The fourth-order valence-electron chi connectivity index (χ4n) is 2.65. The Kier molecular flexibility index (Phi) is 5.05. The average Bonchev–Trinajstić information content (AvgIpc) is 3.09. The van der Waals surface area contributed by atoms with E-state index in [1.165, 1.54) is 50.9 Å². The van der Waals surface area contributed by atoms with Gasteiger partial charge in [-0.05, 0) is 45.0 Å². The summed E-state index contributed by atoms with van der Waals surface area (Å²) in [5, 5.41) is 4.49. The van der Waals surface area contributed by atoms with Crippen molar-refractivity contribution in [1.82, 2.24) is 23.7 Å². The lowest BCUT2D eigenvalue weighted by Crippen LogP contribution is -2.33. The van der Waals surface area contributed by atoms with Gasteiger partial charge in [-0.3, -0.25) is 15.0 Å². The summed E-state index contributed by atoms with van der Waals surface area (Å²) < 4.78 is 27.9. The molecule has 1 N–H and O–H groups in total. The molecule has 29 heavy (non-hydrogen) atoms. The van der Waals surface area contributed by atoms with Crippen LogP contribution in [0.15, 0.2) is 46.5 Å². The Labute approximate surface area is 167 Å². The lowest BCUT2D eigenvalue weighted by atomic mass is 10.1. The molecular formula is C18H22N6O4S. The molecule has 0 bridgehead atoms. The van der Waals surface area contributed by atoms with Crippen LogP contribution in [-0.4, -0.2) is 52.2 Å². The van der Waals surface area contributed by atoms with Crippen LogP contribution in [0.1, 0.15) is 31.1 Å². The molecule has 3 aromatic rings. The van der Waals surface area contributed by atoms with Gasteiger partial charge in [-0.1, -0.05) is 0 Å². The van der Waals surface area contributed by atoms with E-state index in [-0.39, 0.29) is 21.4 Å². The predicted molar refractivity (Wildman–Crippen MR) is 108 cm³/mol. The van der Waals surface area contributed by atoms with Crippen molar-refractivity contribution in [3.8, 4) is 0 Å². The normalized spacial score (nSPS) is 12.5. The van der Waals surface area contributed by atoms with Gasteiger partial charge in [0.2, 0.25) is 10.0 Å². The topological polar surface area (TPSA) is 119 Å². The van der Waals surface area contributed by atoms with Crippen LogP contribution in [0.2, 0.25) is 0 Å². The molecule has 0 saturated carbocycles. The minimum atomic E-state index is -3.59. The molecule has 0 spiro atoms. The Bertz CT molecular complexity index is 1230. The molecule has 0 fully saturated rings. The Hall–Kier alpha value is -3.05. The van der Waals surface area contributed by atoms with Gasteiger partial charge in [0.05, 0.1) is 16.6 Å². The van der Waals surface area contributed by atoms with Crippen LogP contribution in [0.25, 0.3) is 11.0 Å². The summed E-state index contributed by atoms with van der Waals surface area (Å²) in [6, 6.07) is 5.42. The molecule has 0 saturated heterocycles. The SMILES string of the molecule is CN(C)S(=O)(=O)c1ccc(C(=O)Nn2cnc3c(cnn3C(C)(C)C)c2=O)cc1. The van der Waals surface area contributed by atoms with E-state index in [1.54, 1.807) is 4.68 Å². The first-order valence-electron chi connectivity index (χ1n) is 8.73. The zero-order valence-electron chi connectivity index (χ0n) is 16.7. The summed E-state index contributed by atoms with van der Waals surface area (Å²) >= 11 is 0. The van der Waals surface area contributed by atoms with E-state index in [1.807, 2.05) is 20.8 Å². The van der Waals surface area contributed by atoms with Crippen molar-refractivity contribution >= 4 is 27.0 Å². The van der Waals surface area contributed by atoms with E-state index in [0.29, 0.717) is 5.65 Å². The number of rotatable bonds is 4. The van der Waals surface area contributed by atoms with Crippen molar-refractivity contribution in [2.75, 3.05) is 19.5 Å². The lowest BCUT2D eigenvalue weighted by Gasteiger charge is -2.19. The molecule has 10 nitrogen and oxygen atoms in total. The second-order valence-electron chi connectivity index (χ2n) is 7.64. The van der Waals surface area contributed by atoms with Gasteiger partial charge in [-0.2, -0.15) is 5.10 Å². The molecule has 2 aromatic heterocycles. The molecule has 0 aliphatic carbocycles. The van der Waals surface area contributed by atoms with Crippen molar-refractivity contribution < 1.29 is 13.2 Å². The Morgan fingerprint density at radius 2 is 1.76 bits per heavy atom. The molecule has 0 radical (unpaired) electrons. The van der Waals surface area contributed by atoms with Gasteiger partial charge in [0.1, 0.15) is 11.7 Å². The van der Waals surface area contributed by atoms with Gasteiger partial charge >= 0.3 is 0 Å². The van der Waals surface area contributed by atoms with Crippen molar-refractivity contribution in [1.29, 1.82) is 0 Å². The Balaban J connectivity index is 1.89. The summed E-state index contributed by atoms with van der Waals surface area (Å²) in [4.78, 5) is 29.5. The highest BCUT2D eigenvalue weighted by Gasteiger charge is 2.21. The molecule has 0 aliphatic heterocycles. The lowest BCUT2D eigenvalue weighted by molar-refractivity contribution is 0.101. The molecule has 1 aromatic carbocycles. The van der Waals surface area contributed by atoms with Crippen LogP contribution in [-0.2, 0) is 15.6 Å². The monoisotopic (exact) mass is 418 g/mol. The van der Waals surface area contributed by atoms with Crippen molar-refractivity contribution in [2.45, 2.75) is 31.2 Å². The summed E-state index contributed by atoms with van der Waals surface area (Å²) in [7, 11) is -0.744. The number of amides is 1. The number of hydrogen-bond donors (Lipinski definition) is 1. The number of carbonyl (C=O) groups is 1. The summed E-state index contributed by atoms with van der Waals surface area (Å²) in [6.45, 7) is 5.82. The van der Waals surface area contributed by atoms with E-state index in [9.17, 15) is 18.0 Å². The van der Waals surface area contributed by atoms with Crippen LogP contribution in [0.3, 0.4) is 0 Å². The number of carbonyl (C=O) groups excluding carboxylic acids is 1. The zero-order chi connectivity index (χ0) is 21.6. The molecular weight excluding hydrogens is 396 g/mol. The maximum Gasteiger partial charge on any atom is 0.283 e. The first-order chi connectivity index (χ1) is 13.4. The second kappa shape index (κ2) is 7.08. The molecule has 11 heteroatoms. The number of nitrogens with zero attached hydrogens (tertiary/aromatic N) is 5. The summed E-state index contributed by atoms with van der Waals surface area (Å²) in [6.07, 6.45) is 2.64. The first kappa shape index (κ1) is 20.7. The van der Waals surface area contributed by atoms with E-state index < -0.39 is 21.5 Å². The van der Waals surface area contributed by atoms with Gasteiger partial charge < -0.3 is 0 Å². The fraction of sp³-hybridized carbons (Fsp3) is 0.333. The smallest absolute Gasteiger partial charge is 0.267 e. The quantitative estimate of drug-likeness (QED) is 0.675. The molecule has 0 atom stereocenters. The third-order valence-corrected chi connectivity index (χ3v) is 6.07. The van der Waals surface area contributed by atoms with Crippen molar-refractivity contribution in [3.05, 3.63) is 52.7 Å². The molecule has 1 amide bonds. The van der Waals surface area contributed by atoms with E-state index >= 15 is 0 Å². The van der Waals surface area contributed by atoms with Crippen LogP contribution in [0.4, 0.5) is 0 Å². The van der Waals surface area contributed by atoms with Crippen LogP contribution >= 0.6 is 0 Å². The molecule has 3 rings (SSSR count). The van der Waals surface area contributed by atoms with Gasteiger partial charge in [0, 0.05) is 19.7 Å². The van der Waals surface area contributed by atoms with Gasteiger partial charge in [-0.15, -0.1) is 0 Å². The van der Waals surface area contributed by atoms with Gasteiger partial charge in [0.15, 0.2) is 5.65 Å². The minimum Gasteiger partial charge on any atom is -0.267 e. The summed E-state index contributed by atoms with van der Waals surface area (Å²) in [5.74, 6) is -0.578. The van der Waals surface area contributed by atoms with E-state index in [4.69, 9.17) is 0 Å². The maximum atomic E-state index is 12.7. The number of sulfonamides is 1. The summed E-state index contributed by atoms with van der Waals surface area (Å²) in [5.41, 5.74) is 2.25. The zero-order valence-corrected chi connectivity index (χ0v) is 17.6. The van der Waals surface area contributed by atoms with Crippen molar-refractivity contribution in [2.24, 2.45) is 0 Å². The highest BCUT2D eigenvalue weighted by atomic mass is 32.2. The predicted octanol–water partition coefficient (Wildman–Crippen LogP) is 0.982. The van der Waals surface area contributed by atoms with Gasteiger partial charge in [0.25, 0.3) is 11.5 Å². The number of hydrogen-bond acceptors (Lipinski definition) is 6. The average molecular weight is 418 g/mol. The molecule has 0 unspecified atom stereocenters. The third-order valence-electron chi connectivity index (χ3n) is 4.24. The molecule has 0 aliphatic rings. The molecule has 2 heterocycles. The Morgan fingerprint density at radius 1 is 1.14 bits per heavy atom. The number of aromatic nitrogens is 4. The second-order valence-corrected chi connectivity index (χ2v) is 9.79. The van der Waals surface area contributed by atoms with Crippen molar-refractivity contribution in [3.63, 3.8) is 0 Å². The van der Waals surface area contributed by atoms with Crippen LogP contribution in [0, 0.1) is 0 Å². The van der Waals surface area contributed by atoms with Crippen LogP contribution in [0.5, 0.6) is 0 Å². The fourth-order valence-corrected chi connectivity index (χ4v) is 3.55. The van der Waals surface area contributed by atoms with Crippen LogP contribution < -0.4 is 11.0 Å². The minimum absolute atomic E-state index is 0.0638. The third kappa shape index (κ3) is 3.78. The van der Waals surface area contributed by atoms with Gasteiger partial charge in [-0.25, -0.2) is 27.1 Å². The molecule has 154 valence electrons. The largest absolute Gasteiger partial charge is 0.283 e.